The van der Waals surface area contributed by atoms with Gasteiger partial charge in [-0.05, 0) is 49.0 Å². The third-order valence-electron chi connectivity index (χ3n) is 4.92. The Bertz CT molecular complexity index is 1320. The molecule has 0 spiro atoms. The standard InChI is InChI=1S/C21H21N5O3S/c1-29-14-7-8-16-15(11-14)18-19(24-16)20(28)26(21(30)25-18)10-4-6-17(27)23-12-13-5-2-3-9-22-13/h2-3,5,7-9,11,24H,4,6,10,12H2,1H3,(H,23,27)(H,25,30). The molecular weight excluding hydrogens is 402 g/mol. The van der Waals surface area contributed by atoms with E-state index in [1.807, 2.05) is 36.4 Å². The molecule has 9 heteroatoms. The first-order chi connectivity index (χ1) is 14.6. The largest absolute Gasteiger partial charge is 0.497 e. The van der Waals surface area contributed by atoms with Gasteiger partial charge in [0.15, 0.2) is 4.77 Å². The van der Waals surface area contributed by atoms with Gasteiger partial charge in [-0.2, -0.15) is 0 Å². The van der Waals surface area contributed by atoms with E-state index in [9.17, 15) is 9.59 Å². The van der Waals surface area contributed by atoms with Crippen LogP contribution in [-0.2, 0) is 17.9 Å². The maximum absolute atomic E-state index is 13.0. The lowest BCUT2D eigenvalue weighted by Gasteiger charge is -2.07. The number of fused-ring (bicyclic) bond motifs is 3. The molecule has 0 bridgehead atoms. The van der Waals surface area contributed by atoms with Crippen molar-refractivity contribution in [3.8, 4) is 5.75 Å². The van der Waals surface area contributed by atoms with Crippen LogP contribution in [0.3, 0.4) is 0 Å². The Balaban J connectivity index is 1.48. The number of hydrogen-bond acceptors (Lipinski definition) is 5. The van der Waals surface area contributed by atoms with E-state index in [1.165, 1.54) is 4.57 Å². The van der Waals surface area contributed by atoms with Crippen LogP contribution in [0, 0.1) is 4.77 Å². The zero-order valence-electron chi connectivity index (χ0n) is 16.4. The van der Waals surface area contributed by atoms with E-state index in [1.54, 1.807) is 13.3 Å². The molecule has 3 N–H and O–H groups in total. The summed E-state index contributed by atoms with van der Waals surface area (Å²) < 4.78 is 7.08. The van der Waals surface area contributed by atoms with Crippen molar-refractivity contribution >= 4 is 40.1 Å². The lowest BCUT2D eigenvalue weighted by Crippen LogP contribution is -2.25. The molecule has 3 heterocycles. The molecule has 1 amide bonds. The van der Waals surface area contributed by atoms with Crippen LogP contribution in [0.15, 0.2) is 47.4 Å². The number of rotatable bonds is 7. The fourth-order valence-electron chi connectivity index (χ4n) is 3.37. The fourth-order valence-corrected chi connectivity index (χ4v) is 3.65. The first-order valence-corrected chi connectivity index (χ1v) is 9.97. The highest BCUT2D eigenvalue weighted by molar-refractivity contribution is 7.71. The van der Waals surface area contributed by atoms with Crippen LogP contribution >= 0.6 is 12.2 Å². The van der Waals surface area contributed by atoms with Gasteiger partial charge in [0.25, 0.3) is 5.56 Å². The van der Waals surface area contributed by atoms with Gasteiger partial charge in [0.1, 0.15) is 11.3 Å². The molecule has 0 aliphatic carbocycles. The summed E-state index contributed by atoms with van der Waals surface area (Å²) in [5, 5.41) is 3.67. The summed E-state index contributed by atoms with van der Waals surface area (Å²) >= 11 is 5.40. The monoisotopic (exact) mass is 423 g/mol. The van der Waals surface area contributed by atoms with Crippen molar-refractivity contribution in [2.24, 2.45) is 0 Å². The molecule has 0 fully saturated rings. The Hall–Kier alpha value is -3.46. The molecule has 0 saturated carbocycles. The summed E-state index contributed by atoms with van der Waals surface area (Å²) in [5.41, 5.74) is 2.51. The van der Waals surface area contributed by atoms with Crippen molar-refractivity contribution in [3.63, 3.8) is 0 Å². The Labute approximate surface area is 176 Å². The summed E-state index contributed by atoms with van der Waals surface area (Å²) in [6.45, 7) is 0.726. The predicted octanol–water partition coefficient (Wildman–Crippen LogP) is 3.04. The number of H-pyrrole nitrogens is 2. The highest BCUT2D eigenvalue weighted by Gasteiger charge is 2.13. The second kappa shape index (κ2) is 8.50. The molecule has 154 valence electrons. The van der Waals surface area contributed by atoms with Crippen molar-refractivity contribution in [2.45, 2.75) is 25.9 Å². The highest BCUT2D eigenvalue weighted by Crippen LogP contribution is 2.25. The number of nitrogens with one attached hydrogen (secondary N) is 3. The molecule has 30 heavy (non-hydrogen) atoms. The summed E-state index contributed by atoms with van der Waals surface area (Å²) in [5.74, 6) is 0.603. The van der Waals surface area contributed by atoms with Crippen molar-refractivity contribution in [1.29, 1.82) is 0 Å². The molecule has 4 aromatic rings. The van der Waals surface area contributed by atoms with Gasteiger partial charge in [0.05, 0.1) is 24.9 Å². The van der Waals surface area contributed by atoms with Crippen LogP contribution in [0.4, 0.5) is 0 Å². The van der Waals surface area contributed by atoms with Crippen LogP contribution in [0.1, 0.15) is 18.5 Å². The molecule has 0 saturated heterocycles. The fraction of sp³-hybridized carbons (Fsp3) is 0.238. The zero-order valence-corrected chi connectivity index (χ0v) is 17.2. The topological polar surface area (TPSA) is 105 Å². The molecule has 0 aliphatic heterocycles. The number of benzene rings is 1. The molecule has 1 aromatic carbocycles. The predicted molar refractivity (Wildman–Crippen MR) is 117 cm³/mol. The van der Waals surface area contributed by atoms with Gasteiger partial charge >= 0.3 is 0 Å². The number of amides is 1. The third kappa shape index (κ3) is 3.97. The van der Waals surface area contributed by atoms with E-state index in [4.69, 9.17) is 17.0 Å². The smallest absolute Gasteiger partial charge is 0.278 e. The summed E-state index contributed by atoms with van der Waals surface area (Å²) in [6, 6.07) is 11.1. The Morgan fingerprint density at radius 2 is 2.10 bits per heavy atom. The minimum Gasteiger partial charge on any atom is -0.497 e. The third-order valence-corrected chi connectivity index (χ3v) is 5.24. The number of carbonyl (C=O) groups excluding carboxylic acids is 1. The first-order valence-electron chi connectivity index (χ1n) is 9.56. The average molecular weight is 423 g/mol. The number of carbonyl (C=O) groups is 1. The zero-order chi connectivity index (χ0) is 21.1. The first kappa shape index (κ1) is 19.8. The van der Waals surface area contributed by atoms with Crippen molar-refractivity contribution in [2.75, 3.05) is 7.11 Å². The lowest BCUT2D eigenvalue weighted by atomic mass is 10.2. The number of nitrogens with zero attached hydrogens (tertiary/aromatic N) is 2. The van der Waals surface area contributed by atoms with E-state index in [2.05, 4.69) is 20.3 Å². The summed E-state index contributed by atoms with van der Waals surface area (Å²) in [4.78, 5) is 35.5. The van der Waals surface area contributed by atoms with Crippen LogP contribution in [-0.4, -0.2) is 32.5 Å². The number of hydrogen-bond donors (Lipinski definition) is 3. The van der Waals surface area contributed by atoms with Crippen molar-refractivity contribution in [3.05, 3.63) is 63.4 Å². The van der Waals surface area contributed by atoms with Gasteiger partial charge in [-0.15, -0.1) is 0 Å². The normalized spacial score (nSPS) is 11.1. The van der Waals surface area contributed by atoms with Crippen molar-refractivity contribution < 1.29 is 9.53 Å². The molecule has 0 atom stereocenters. The summed E-state index contributed by atoms with van der Waals surface area (Å²) in [7, 11) is 1.59. The van der Waals surface area contributed by atoms with E-state index < -0.39 is 0 Å². The maximum atomic E-state index is 13.0. The lowest BCUT2D eigenvalue weighted by molar-refractivity contribution is -0.121. The quantitative estimate of drug-likeness (QED) is 0.396. The van der Waals surface area contributed by atoms with E-state index in [0.29, 0.717) is 41.1 Å². The molecule has 4 rings (SSSR count). The Morgan fingerprint density at radius 1 is 1.23 bits per heavy atom. The number of aromatic nitrogens is 4. The van der Waals surface area contributed by atoms with Crippen LogP contribution in [0.5, 0.6) is 5.75 Å². The minimum atomic E-state index is -0.210. The van der Waals surface area contributed by atoms with Gasteiger partial charge < -0.3 is 20.0 Å². The van der Waals surface area contributed by atoms with Gasteiger partial charge in [-0.3, -0.25) is 19.1 Å². The number of aromatic amines is 2. The van der Waals surface area contributed by atoms with E-state index in [0.717, 1.165) is 16.6 Å². The van der Waals surface area contributed by atoms with Gasteiger partial charge in [0, 0.05) is 30.1 Å². The van der Waals surface area contributed by atoms with Crippen LogP contribution in [0.25, 0.3) is 21.9 Å². The average Bonchev–Trinajstić information content (AvgIpc) is 3.13. The molecule has 0 aliphatic rings. The molecule has 8 nitrogen and oxygen atoms in total. The second-order valence-electron chi connectivity index (χ2n) is 6.87. The van der Waals surface area contributed by atoms with Crippen LogP contribution < -0.4 is 15.6 Å². The highest BCUT2D eigenvalue weighted by atomic mass is 32.1. The number of pyridine rings is 1. The Kier molecular flexibility index (Phi) is 5.62. The Morgan fingerprint density at radius 3 is 2.87 bits per heavy atom. The van der Waals surface area contributed by atoms with Crippen molar-refractivity contribution in [1.82, 2.24) is 24.8 Å². The molecular formula is C21H21N5O3S. The second-order valence-corrected chi connectivity index (χ2v) is 7.26. The SMILES string of the molecule is COc1ccc2[nH]c3c(=O)n(CCCC(=O)NCc4ccccn4)c(=S)[nH]c3c2c1. The molecule has 3 aromatic heterocycles. The minimum absolute atomic E-state index is 0.0950. The molecule has 0 radical (unpaired) electrons. The number of methoxy groups -OCH3 is 1. The van der Waals surface area contributed by atoms with Gasteiger partial charge in [-0.1, -0.05) is 6.07 Å². The van der Waals surface area contributed by atoms with E-state index in [-0.39, 0.29) is 17.9 Å². The van der Waals surface area contributed by atoms with E-state index >= 15 is 0 Å². The van der Waals surface area contributed by atoms with Gasteiger partial charge in [0.2, 0.25) is 5.91 Å². The van der Waals surface area contributed by atoms with Crippen LogP contribution in [0.2, 0.25) is 0 Å². The number of ether oxygens (including phenoxy) is 1. The molecule has 0 unspecified atom stereocenters. The van der Waals surface area contributed by atoms with Gasteiger partial charge in [-0.25, -0.2) is 0 Å². The maximum Gasteiger partial charge on any atom is 0.278 e. The summed E-state index contributed by atoms with van der Waals surface area (Å²) in [6.07, 6.45) is 2.47.